The van der Waals surface area contributed by atoms with Gasteiger partial charge in [0.1, 0.15) is 0 Å². The van der Waals surface area contributed by atoms with Crippen LogP contribution in [0.1, 0.15) is 43.7 Å². The molecule has 129 valence electrons. The Kier molecular flexibility index (Phi) is 6.92. The second kappa shape index (κ2) is 8.16. The predicted octanol–water partition coefficient (Wildman–Crippen LogP) is 4.08. The summed E-state index contributed by atoms with van der Waals surface area (Å²) >= 11 is 6.15. The average molecular weight is 425 g/mol. The van der Waals surface area contributed by atoms with Crippen molar-refractivity contribution in [1.29, 1.82) is 0 Å². The zero-order valence-electron chi connectivity index (χ0n) is 15.1. The molecule has 2 aliphatic rings. The first kappa shape index (κ1) is 20.4. The van der Waals surface area contributed by atoms with Crippen LogP contribution in [-0.2, 0) is 37.5 Å². The molecule has 1 unspecified atom stereocenters. The van der Waals surface area contributed by atoms with Gasteiger partial charge in [-0.05, 0) is 63.3 Å². The van der Waals surface area contributed by atoms with Gasteiger partial charge in [-0.3, -0.25) is 4.79 Å². The van der Waals surface area contributed by atoms with Gasteiger partial charge in [-0.25, -0.2) is 0 Å². The molecule has 0 saturated carbocycles. The van der Waals surface area contributed by atoms with Crippen molar-refractivity contribution in [2.24, 2.45) is 0 Å². The van der Waals surface area contributed by atoms with Crippen LogP contribution in [0.15, 0.2) is 12.1 Å². The van der Waals surface area contributed by atoms with Gasteiger partial charge in [-0.15, -0.1) is 0 Å². The monoisotopic (exact) mass is 424 g/mol. The van der Waals surface area contributed by atoms with Crippen LogP contribution in [-0.4, -0.2) is 42.6 Å². The zero-order valence-corrected chi connectivity index (χ0v) is 18.7. The minimum absolute atomic E-state index is 0. The molecule has 1 radical (unpaired) electrons. The summed E-state index contributed by atoms with van der Waals surface area (Å²) in [6, 6.07) is 4.08. The number of carbonyl (C=O) groups excluding carboxylic acids is 1. The number of hydrogen-bond acceptors (Lipinski definition) is 1. The Morgan fingerprint density at radius 1 is 1.17 bits per heavy atom. The standard InChI is InChI=1S/C19H28ClN2O.Y/c1-4-22(10-6-5-7-11-22)17-8-9-21(19(17)23)18-14(2)12-16(20)13-15(18)3;/h12-13,17H,4-11H2,1-3H3;/q+1;. The molecule has 24 heavy (non-hydrogen) atoms. The summed E-state index contributed by atoms with van der Waals surface area (Å²) in [5, 5.41) is 0.750. The van der Waals surface area contributed by atoms with Crippen molar-refractivity contribution in [2.75, 3.05) is 31.1 Å². The summed E-state index contributed by atoms with van der Waals surface area (Å²) in [4.78, 5) is 15.3. The number of aryl methyl sites for hydroxylation is 2. The fourth-order valence-corrected chi connectivity index (χ4v) is 5.04. The molecule has 5 heteroatoms. The summed E-state index contributed by atoms with van der Waals surface area (Å²) in [7, 11) is 0. The molecule has 1 amide bonds. The van der Waals surface area contributed by atoms with Crippen LogP contribution in [0.25, 0.3) is 0 Å². The second-order valence-electron chi connectivity index (χ2n) is 7.23. The molecule has 3 nitrogen and oxygen atoms in total. The molecule has 3 rings (SSSR count). The zero-order chi connectivity index (χ0) is 16.6. The molecule has 0 aliphatic carbocycles. The van der Waals surface area contributed by atoms with Gasteiger partial charge in [0, 0.05) is 56.4 Å². The third kappa shape index (κ3) is 3.60. The van der Waals surface area contributed by atoms with E-state index >= 15 is 0 Å². The number of anilines is 1. The molecule has 1 atom stereocenters. The van der Waals surface area contributed by atoms with Crippen LogP contribution in [0.4, 0.5) is 5.69 Å². The summed E-state index contributed by atoms with van der Waals surface area (Å²) in [6.07, 6.45) is 4.82. The van der Waals surface area contributed by atoms with Crippen molar-refractivity contribution < 1.29 is 42.0 Å². The van der Waals surface area contributed by atoms with Gasteiger partial charge < -0.3 is 9.38 Å². The third-order valence-electron chi connectivity index (χ3n) is 5.90. The maximum absolute atomic E-state index is 13.2. The van der Waals surface area contributed by atoms with Crippen LogP contribution < -0.4 is 4.90 Å². The number of benzene rings is 1. The molecule has 2 fully saturated rings. The fraction of sp³-hybridized carbons (Fsp3) is 0.632. The van der Waals surface area contributed by atoms with Crippen LogP contribution in [0, 0.1) is 13.8 Å². The molecular weight excluding hydrogens is 397 g/mol. The van der Waals surface area contributed by atoms with Gasteiger partial charge in [0.25, 0.3) is 5.91 Å². The van der Waals surface area contributed by atoms with E-state index in [1.807, 2.05) is 17.0 Å². The number of halogens is 1. The third-order valence-corrected chi connectivity index (χ3v) is 6.12. The summed E-state index contributed by atoms with van der Waals surface area (Å²) in [5.74, 6) is 0.322. The second-order valence-corrected chi connectivity index (χ2v) is 7.66. The molecule has 2 aliphatic heterocycles. The number of rotatable bonds is 3. The van der Waals surface area contributed by atoms with Crippen LogP contribution >= 0.6 is 11.6 Å². The van der Waals surface area contributed by atoms with Gasteiger partial charge in [-0.2, -0.15) is 0 Å². The molecule has 0 spiro atoms. The molecule has 2 saturated heterocycles. The van der Waals surface area contributed by atoms with E-state index in [2.05, 4.69) is 20.8 Å². The van der Waals surface area contributed by atoms with E-state index in [0.29, 0.717) is 5.91 Å². The van der Waals surface area contributed by atoms with Crippen LogP contribution in [0.3, 0.4) is 0 Å². The number of quaternary nitrogens is 1. The van der Waals surface area contributed by atoms with Gasteiger partial charge in [0.05, 0.1) is 19.6 Å². The minimum atomic E-state index is 0. The Balaban J connectivity index is 0.00000208. The Hall–Kier alpha value is 0.0439. The van der Waals surface area contributed by atoms with E-state index in [0.717, 1.165) is 45.8 Å². The SMILES string of the molecule is CC[N+]1(C2CCN(c3c(C)cc(Cl)cc3C)C2=O)CCCCC1.[Y]. The maximum Gasteiger partial charge on any atom is 0.285 e. The first-order chi connectivity index (χ1) is 11.0. The Morgan fingerprint density at radius 2 is 1.75 bits per heavy atom. The van der Waals surface area contributed by atoms with Crippen molar-refractivity contribution in [2.45, 2.75) is 52.5 Å². The smallest absolute Gasteiger partial charge is 0.285 e. The first-order valence-electron chi connectivity index (χ1n) is 8.92. The number of piperidine rings is 1. The Labute approximate surface area is 176 Å². The molecular formula is C19H28ClN2OY+. The molecule has 0 aromatic heterocycles. The van der Waals surface area contributed by atoms with E-state index in [-0.39, 0.29) is 38.8 Å². The fourth-order valence-electron chi connectivity index (χ4n) is 4.71. The number of likely N-dealkylation sites (tertiary alicyclic amines) is 1. The molecule has 2 heterocycles. The van der Waals surface area contributed by atoms with E-state index in [4.69, 9.17) is 11.6 Å². The van der Waals surface area contributed by atoms with Gasteiger partial charge in [-0.1, -0.05) is 11.6 Å². The molecule has 1 aromatic carbocycles. The van der Waals surface area contributed by atoms with E-state index in [1.54, 1.807) is 0 Å². The number of hydrogen-bond donors (Lipinski definition) is 0. The van der Waals surface area contributed by atoms with Gasteiger partial charge in [0.2, 0.25) is 0 Å². The van der Waals surface area contributed by atoms with Crippen LogP contribution in [0.2, 0.25) is 5.02 Å². The largest absolute Gasteiger partial charge is 0.314 e. The summed E-state index contributed by atoms with van der Waals surface area (Å²) in [5.41, 5.74) is 3.28. The number of nitrogens with zero attached hydrogens (tertiary/aromatic N) is 2. The van der Waals surface area contributed by atoms with Crippen molar-refractivity contribution >= 4 is 23.2 Å². The number of amides is 1. The maximum atomic E-state index is 13.2. The number of likely N-dealkylation sites (N-methyl/N-ethyl adjacent to an activating group) is 1. The topological polar surface area (TPSA) is 20.3 Å². The van der Waals surface area contributed by atoms with E-state index < -0.39 is 0 Å². The molecule has 0 N–H and O–H groups in total. The number of carbonyl (C=O) groups is 1. The van der Waals surface area contributed by atoms with E-state index in [1.165, 1.54) is 32.4 Å². The van der Waals surface area contributed by atoms with E-state index in [9.17, 15) is 4.79 Å². The average Bonchev–Trinajstić information content (AvgIpc) is 2.89. The minimum Gasteiger partial charge on any atom is -0.314 e. The Morgan fingerprint density at radius 3 is 2.29 bits per heavy atom. The molecule has 1 aromatic rings. The van der Waals surface area contributed by atoms with Gasteiger partial charge in [0.15, 0.2) is 6.04 Å². The molecule has 0 bridgehead atoms. The Bertz CT molecular complexity index is 590. The van der Waals surface area contributed by atoms with Crippen molar-refractivity contribution in [3.8, 4) is 0 Å². The van der Waals surface area contributed by atoms with Crippen molar-refractivity contribution in [3.63, 3.8) is 0 Å². The predicted molar refractivity (Wildman–Crippen MR) is 96.1 cm³/mol. The summed E-state index contributed by atoms with van der Waals surface area (Å²) < 4.78 is 1.00. The summed E-state index contributed by atoms with van der Waals surface area (Å²) in [6.45, 7) is 10.6. The van der Waals surface area contributed by atoms with Crippen molar-refractivity contribution in [3.05, 3.63) is 28.3 Å². The van der Waals surface area contributed by atoms with Crippen LogP contribution in [0.5, 0.6) is 0 Å². The normalized spacial score (nSPS) is 23.2. The first-order valence-corrected chi connectivity index (χ1v) is 9.30. The quantitative estimate of drug-likeness (QED) is 0.670. The van der Waals surface area contributed by atoms with Gasteiger partial charge >= 0.3 is 0 Å². The van der Waals surface area contributed by atoms with Crippen molar-refractivity contribution in [1.82, 2.24) is 0 Å².